The van der Waals surface area contributed by atoms with Crippen LogP contribution in [0.25, 0.3) is 0 Å². The van der Waals surface area contributed by atoms with Gasteiger partial charge < -0.3 is 10.1 Å². The van der Waals surface area contributed by atoms with Crippen LogP contribution in [-0.4, -0.2) is 12.6 Å². The monoisotopic (exact) mass is 339 g/mol. The molecule has 0 spiro atoms. The first-order chi connectivity index (χ1) is 9.56. The Bertz CT molecular complexity index is 439. The second-order valence-electron chi connectivity index (χ2n) is 6.21. The number of aryl methyl sites for hydroxylation is 1. The van der Waals surface area contributed by atoms with Crippen LogP contribution in [0.3, 0.4) is 0 Å². The molecule has 0 saturated heterocycles. The van der Waals surface area contributed by atoms with Gasteiger partial charge in [-0.05, 0) is 43.4 Å². The molecule has 1 aromatic carbocycles. The highest BCUT2D eigenvalue weighted by molar-refractivity contribution is 9.10. The highest BCUT2D eigenvalue weighted by Crippen LogP contribution is 2.31. The van der Waals surface area contributed by atoms with Crippen molar-refractivity contribution in [3.05, 3.63) is 27.7 Å². The molecule has 1 aliphatic carbocycles. The molecule has 1 N–H and O–H groups in total. The number of rotatable bonds is 6. The molecule has 0 amide bonds. The van der Waals surface area contributed by atoms with Crippen molar-refractivity contribution < 1.29 is 4.74 Å². The summed E-state index contributed by atoms with van der Waals surface area (Å²) < 4.78 is 7.31. The Hall–Kier alpha value is -0.540. The molecule has 1 aromatic rings. The Morgan fingerprint density at radius 2 is 2.00 bits per heavy atom. The van der Waals surface area contributed by atoms with Crippen LogP contribution >= 0.6 is 15.9 Å². The van der Waals surface area contributed by atoms with Gasteiger partial charge in [-0.2, -0.15) is 0 Å². The zero-order chi connectivity index (χ0) is 14.5. The molecule has 0 heterocycles. The molecule has 0 radical (unpaired) electrons. The number of nitrogens with one attached hydrogen (secondary N) is 1. The second kappa shape index (κ2) is 7.46. The van der Waals surface area contributed by atoms with Gasteiger partial charge in [0, 0.05) is 22.6 Å². The summed E-state index contributed by atoms with van der Waals surface area (Å²) >= 11 is 3.59. The second-order valence-corrected chi connectivity index (χ2v) is 7.12. The average Bonchev–Trinajstić information content (AvgIpc) is 2.88. The summed E-state index contributed by atoms with van der Waals surface area (Å²) in [5, 5.41) is 3.48. The van der Waals surface area contributed by atoms with Crippen molar-refractivity contribution in [1.82, 2.24) is 5.32 Å². The molecular weight excluding hydrogens is 314 g/mol. The van der Waals surface area contributed by atoms with Crippen LogP contribution in [0.2, 0.25) is 0 Å². The van der Waals surface area contributed by atoms with Crippen LogP contribution in [0, 0.1) is 12.8 Å². The minimum Gasteiger partial charge on any atom is -0.493 e. The SMILES string of the molecule is Cc1cc(Br)cc(CNC(C)C)c1OCC1CCCC1. The van der Waals surface area contributed by atoms with Crippen LogP contribution in [0.5, 0.6) is 5.75 Å². The summed E-state index contributed by atoms with van der Waals surface area (Å²) in [5.41, 5.74) is 2.47. The maximum atomic E-state index is 6.18. The number of hydrogen-bond donors (Lipinski definition) is 1. The molecule has 112 valence electrons. The number of ether oxygens (including phenoxy) is 1. The molecule has 2 rings (SSSR count). The fraction of sp³-hybridized carbons (Fsp3) is 0.647. The third-order valence-corrected chi connectivity index (χ3v) is 4.41. The fourth-order valence-corrected chi connectivity index (χ4v) is 3.45. The van der Waals surface area contributed by atoms with Gasteiger partial charge in [-0.3, -0.25) is 0 Å². The summed E-state index contributed by atoms with van der Waals surface area (Å²) in [6.45, 7) is 8.20. The van der Waals surface area contributed by atoms with Crippen LogP contribution in [-0.2, 0) is 6.54 Å². The van der Waals surface area contributed by atoms with Crippen LogP contribution in [0.15, 0.2) is 16.6 Å². The van der Waals surface area contributed by atoms with Crippen molar-refractivity contribution in [3.63, 3.8) is 0 Å². The van der Waals surface area contributed by atoms with Gasteiger partial charge in [-0.1, -0.05) is 42.6 Å². The predicted octanol–water partition coefficient (Wildman–Crippen LogP) is 4.82. The van der Waals surface area contributed by atoms with E-state index in [-0.39, 0.29) is 0 Å². The Morgan fingerprint density at radius 3 is 2.65 bits per heavy atom. The summed E-state index contributed by atoms with van der Waals surface area (Å²) in [5.74, 6) is 1.83. The van der Waals surface area contributed by atoms with Crippen molar-refractivity contribution in [2.45, 2.75) is 59.0 Å². The molecule has 2 nitrogen and oxygen atoms in total. The minimum atomic E-state index is 0.483. The largest absolute Gasteiger partial charge is 0.493 e. The van der Waals surface area contributed by atoms with E-state index in [0.29, 0.717) is 6.04 Å². The number of benzene rings is 1. The van der Waals surface area contributed by atoms with Crippen molar-refractivity contribution in [1.29, 1.82) is 0 Å². The molecule has 0 unspecified atom stereocenters. The molecule has 0 bridgehead atoms. The zero-order valence-corrected chi connectivity index (χ0v) is 14.4. The van der Waals surface area contributed by atoms with E-state index in [9.17, 15) is 0 Å². The molecule has 0 atom stereocenters. The average molecular weight is 340 g/mol. The third kappa shape index (κ3) is 4.49. The Morgan fingerprint density at radius 1 is 1.30 bits per heavy atom. The topological polar surface area (TPSA) is 21.3 Å². The van der Waals surface area contributed by atoms with Crippen molar-refractivity contribution >= 4 is 15.9 Å². The predicted molar refractivity (Wildman–Crippen MR) is 88.3 cm³/mol. The first-order valence-corrected chi connectivity index (χ1v) is 8.50. The van der Waals surface area contributed by atoms with Gasteiger partial charge in [0.1, 0.15) is 5.75 Å². The van der Waals surface area contributed by atoms with E-state index in [1.165, 1.54) is 36.8 Å². The van der Waals surface area contributed by atoms with Gasteiger partial charge in [-0.25, -0.2) is 0 Å². The Labute approximate surface area is 131 Å². The summed E-state index contributed by atoms with van der Waals surface area (Å²) in [4.78, 5) is 0. The lowest BCUT2D eigenvalue weighted by Gasteiger charge is -2.18. The van der Waals surface area contributed by atoms with Gasteiger partial charge in [0.15, 0.2) is 0 Å². The number of halogens is 1. The quantitative estimate of drug-likeness (QED) is 0.801. The summed E-state index contributed by atoms with van der Waals surface area (Å²) in [6, 6.07) is 4.80. The molecule has 0 aromatic heterocycles. The molecule has 3 heteroatoms. The lowest BCUT2D eigenvalue weighted by molar-refractivity contribution is 0.248. The van der Waals surface area contributed by atoms with Gasteiger partial charge in [0.2, 0.25) is 0 Å². The van der Waals surface area contributed by atoms with E-state index < -0.39 is 0 Å². The third-order valence-electron chi connectivity index (χ3n) is 3.96. The van der Waals surface area contributed by atoms with E-state index in [0.717, 1.165) is 29.3 Å². The normalized spacial score (nSPS) is 16.1. The van der Waals surface area contributed by atoms with Gasteiger partial charge >= 0.3 is 0 Å². The lowest BCUT2D eigenvalue weighted by atomic mass is 10.1. The first kappa shape index (κ1) is 15.8. The fourth-order valence-electron chi connectivity index (χ4n) is 2.83. The highest BCUT2D eigenvalue weighted by Gasteiger charge is 2.17. The number of hydrogen-bond acceptors (Lipinski definition) is 2. The molecular formula is C17H26BrNO. The molecule has 1 saturated carbocycles. The molecule has 20 heavy (non-hydrogen) atoms. The zero-order valence-electron chi connectivity index (χ0n) is 12.8. The standard InChI is InChI=1S/C17H26BrNO/c1-12(2)19-10-15-9-16(18)8-13(3)17(15)20-11-14-6-4-5-7-14/h8-9,12,14,19H,4-7,10-11H2,1-3H3. The van der Waals surface area contributed by atoms with E-state index in [1.54, 1.807) is 0 Å². The van der Waals surface area contributed by atoms with Gasteiger partial charge in [0.05, 0.1) is 6.61 Å². The van der Waals surface area contributed by atoms with E-state index in [4.69, 9.17) is 4.74 Å². The van der Waals surface area contributed by atoms with Gasteiger partial charge in [0.25, 0.3) is 0 Å². The van der Waals surface area contributed by atoms with Crippen LogP contribution < -0.4 is 10.1 Å². The molecule has 0 aliphatic heterocycles. The van der Waals surface area contributed by atoms with E-state index in [1.807, 2.05) is 0 Å². The van der Waals surface area contributed by atoms with E-state index in [2.05, 4.69) is 54.2 Å². The lowest BCUT2D eigenvalue weighted by Crippen LogP contribution is -2.22. The Balaban J connectivity index is 2.07. The Kier molecular flexibility index (Phi) is 5.91. The van der Waals surface area contributed by atoms with Gasteiger partial charge in [-0.15, -0.1) is 0 Å². The van der Waals surface area contributed by atoms with Crippen molar-refractivity contribution in [2.75, 3.05) is 6.61 Å². The van der Waals surface area contributed by atoms with Crippen LogP contribution in [0.1, 0.15) is 50.7 Å². The van der Waals surface area contributed by atoms with Crippen LogP contribution in [0.4, 0.5) is 0 Å². The smallest absolute Gasteiger partial charge is 0.126 e. The van der Waals surface area contributed by atoms with E-state index >= 15 is 0 Å². The summed E-state index contributed by atoms with van der Waals surface area (Å²) in [7, 11) is 0. The summed E-state index contributed by atoms with van der Waals surface area (Å²) in [6.07, 6.45) is 5.40. The first-order valence-electron chi connectivity index (χ1n) is 7.71. The maximum Gasteiger partial charge on any atom is 0.126 e. The molecule has 1 aliphatic rings. The van der Waals surface area contributed by atoms with Crippen molar-refractivity contribution in [3.8, 4) is 5.75 Å². The highest BCUT2D eigenvalue weighted by atomic mass is 79.9. The van der Waals surface area contributed by atoms with Crippen molar-refractivity contribution in [2.24, 2.45) is 5.92 Å². The minimum absolute atomic E-state index is 0.483. The molecule has 1 fully saturated rings. The maximum absolute atomic E-state index is 6.18.